The molecule has 4 heteroatoms. The molecule has 0 fully saturated rings. The first-order chi connectivity index (χ1) is 9.80. The maximum absolute atomic E-state index is 9.43. The van der Waals surface area contributed by atoms with E-state index >= 15 is 0 Å². The van der Waals surface area contributed by atoms with Gasteiger partial charge in [0, 0.05) is 19.0 Å². The van der Waals surface area contributed by atoms with Gasteiger partial charge in [0.05, 0.1) is 17.6 Å². The van der Waals surface area contributed by atoms with Crippen LogP contribution in [0.2, 0.25) is 0 Å². The van der Waals surface area contributed by atoms with E-state index in [2.05, 4.69) is 46.9 Å². The van der Waals surface area contributed by atoms with E-state index in [-0.39, 0.29) is 12.6 Å². The van der Waals surface area contributed by atoms with E-state index in [4.69, 9.17) is 0 Å². The third-order valence-corrected chi connectivity index (χ3v) is 3.65. The zero-order valence-corrected chi connectivity index (χ0v) is 12.5. The van der Waals surface area contributed by atoms with Crippen molar-refractivity contribution >= 4 is 11.0 Å². The van der Waals surface area contributed by atoms with Crippen LogP contribution in [0, 0.1) is 0 Å². The maximum atomic E-state index is 9.43. The van der Waals surface area contributed by atoms with Crippen LogP contribution >= 0.6 is 0 Å². The average Bonchev–Trinajstić information content (AvgIpc) is 2.85. The van der Waals surface area contributed by atoms with Crippen LogP contribution in [0.25, 0.3) is 11.0 Å². The van der Waals surface area contributed by atoms with Gasteiger partial charge in [0.1, 0.15) is 5.82 Å². The summed E-state index contributed by atoms with van der Waals surface area (Å²) in [4.78, 5) is 4.68. The van der Waals surface area contributed by atoms with E-state index in [0.717, 1.165) is 43.7 Å². The van der Waals surface area contributed by atoms with Gasteiger partial charge in [0.2, 0.25) is 0 Å². The van der Waals surface area contributed by atoms with Gasteiger partial charge >= 0.3 is 0 Å². The van der Waals surface area contributed by atoms with Crippen LogP contribution in [0.3, 0.4) is 0 Å². The molecule has 0 amide bonds. The molecule has 0 spiro atoms. The fraction of sp³-hybridized carbons (Fsp3) is 0.562. The number of aryl methyl sites for hydroxylation is 2. The van der Waals surface area contributed by atoms with Gasteiger partial charge < -0.3 is 15.0 Å². The lowest BCUT2D eigenvalue weighted by atomic mass is 10.2. The predicted molar refractivity (Wildman–Crippen MR) is 82.9 cm³/mol. The molecule has 4 nitrogen and oxygen atoms in total. The van der Waals surface area contributed by atoms with Crippen molar-refractivity contribution in [2.24, 2.45) is 0 Å². The molecular weight excluding hydrogens is 250 g/mol. The minimum atomic E-state index is 0.167. The molecule has 2 N–H and O–H groups in total. The number of aliphatic hydroxyl groups is 1. The minimum Gasteiger partial charge on any atom is -0.395 e. The van der Waals surface area contributed by atoms with Gasteiger partial charge in [-0.1, -0.05) is 26.0 Å². The number of nitrogens with one attached hydrogen (secondary N) is 1. The normalized spacial score (nSPS) is 12.9. The zero-order chi connectivity index (χ0) is 14.4. The van der Waals surface area contributed by atoms with Gasteiger partial charge in [-0.2, -0.15) is 0 Å². The summed E-state index contributed by atoms with van der Waals surface area (Å²) < 4.78 is 2.28. The fourth-order valence-corrected chi connectivity index (χ4v) is 2.54. The third-order valence-electron chi connectivity index (χ3n) is 3.65. The second kappa shape index (κ2) is 7.41. The van der Waals surface area contributed by atoms with Crippen LogP contribution in [0.1, 0.15) is 32.5 Å². The van der Waals surface area contributed by atoms with Crippen LogP contribution in [0.4, 0.5) is 0 Å². The van der Waals surface area contributed by atoms with Crippen LogP contribution in [0.15, 0.2) is 24.3 Å². The van der Waals surface area contributed by atoms with E-state index in [9.17, 15) is 5.11 Å². The van der Waals surface area contributed by atoms with E-state index in [1.807, 2.05) is 6.07 Å². The lowest BCUT2D eigenvalue weighted by molar-refractivity contribution is 0.231. The highest BCUT2D eigenvalue weighted by Gasteiger charge is 2.11. The number of imidazole rings is 1. The first-order valence-electron chi connectivity index (χ1n) is 7.58. The van der Waals surface area contributed by atoms with Gasteiger partial charge in [0.25, 0.3) is 0 Å². The number of rotatable bonds is 8. The highest BCUT2D eigenvalue weighted by atomic mass is 16.3. The zero-order valence-electron chi connectivity index (χ0n) is 12.5. The number of para-hydroxylation sites is 2. The first kappa shape index (κ1) is 15.0. The molecule has 0 saturated heterocycles. The molecule has 1 atom stereocenters. The van der Waals surface area contributed by atoms with Crippen molar-refractivity contribution in [3.8, 4) is 0 Å². The van der Waals surface area contributed by atoms with Gasteiger partial charge in [0.15, 0.2) is 0 Å². The van der Waals surface area contributed by atoms with Gasteiger partial charge in [-0.25, -0.2) is 4.98 Å². The number of hydrogen-bond acceptors (Lipinski definition) is 3. The summed E-state index contributed by atoms with van der Waals surface area (Å²) in [6, 6.07) is 8.43. The highest BCUT2D eigenvalue weighted by Crippen LogP contribution is 2.17. The Morgan fingerprint density at radius 1 is 1.30 bits per heavy atom. The van der Waals surface area contributed by atoms with Crippen molar-refractivity contribution < 1.29 is 5.11 Å². The standard InChI is InChI=1S/C16H25N3O/c1-3-10-17-13(12-20)9-11-19-15-8-6-5-7-14(15)18-16(19)4-2/h5-8,13,17,20H,3-4,9-12H2,1-2H3. The summed E-state index contributed by atoms with van der Waals surface area (Å²) in [7, 11) is 0. The molecule has 1 aromatic heterocycles. The summed E-state index contributed by atoms with van der Waals surface area (Å²) in [5.74, 6) is 1.12. The van der Waals surface area contributed by atoms with Crippen molar-refractivity contribution in [2.75, 3.05) is 13.2 Å². The van der Waals surface area contributed by atoms with Crippen molar-refractivity contribution in [2.45, 2.75) is 45.7 Å². The van der Waals surface area contributed by atoms with Gasteiger partial charge in [-0.15, -0.1) is 0 Å². The predicted octanol–water partition coefficient (Wildman–Crippen LogP) is 2.35. The van der Waals surface area contributed by atoms with Gasteiger partial charge in [-0.3, -0.25) is 0 Å². The molecule has 20 heavy (non-hydrogen) atoms. The Kier molecular flexibility index (Phi) is 5.56. The van der Waals surface area contributed by atoms with E-state index < -0.39 is 0 Å². The number of aliphatic hydroxyl groups excluding tert-OH is 1. The third kappa shape index (κ3) is 3.38. The lowest BCUT2D eigenvalue weighted by Gasteiger charge is -2.17. The maximum Gasteiger partial charge on any atom is 0.109 e. The van der Waals surface area contributed by atoms with Crippen LogP contribution in [-0.2, 0) is 13.0 Å². The van der Waals surface area contributed by atoms with Crippen molar-refractivity contribution in [3.05, 3.63) is 30.1 Å². The van der Waals surface area contributed by atoms with Crippen LogP contribution in [0.5, 0.6) is 0 Å². The van der Waals surface area contributed by atoms with Crippen molar-refractivity contribution in [3.63, 3.8) is 0 Å². The molecular formula is C16H25N3O. The van der Waals surface area contributed by atoms with Crippen molar-refractivity contribution in [1.82, 2.24) is 14.9 Å². The first-order valence-corrected chi connectivity index (χ1v) is 7.58. The quantitative estimate of drug-likeness (QED) is 0.777. The molecule has 1 aromatic carbocycles. The molecule has 0 bridgehead atoms. The minimum absolute atomic E-state index is 0.167. The average molecular weight is 275 g/mol. The molecule has 110 valence electrons. The topological polar surface area (TPSA) is 50.1 Å². The molecule has 0 radical (unpaired) electrons. The summed E-state index contributed by atoms with van der Waals surface area (Å²) >= 11 is 0. The Hall–Kier alpha value is -1.39. The molecule has 1 heterocycles. The van der Waals surface area contributed by atoms with E-state index in [1.54, 1.807) is 0 Å². The lowest BCUT2D eigenvalue weighted by Crippen LogP contribution is -2.34. The Morgan fingerprint density at radius 3 is 2.80 bits per heavy atom. The smallest absolute Gasteiger partial charge is 0.109 e. The Labute approximate surface area is 120 Å². The second-order valence-electron chi connectivity index (χ2n) is 5.14. The Balaban J connectivity index is 2.11. The highest BCUT2D eigenvalue weighted by molar-refractivity contribution is 5.75. The molecule has 2 aromatic rings. The van der Waals surface area contributed by atoms with Gasteiger partial charge in [-0.05, 0) is 31.5 Å². The summed E-state index contributed by atoms with van der Waals surface area (Å²) in [6.07, 6.45) is 2.94. The van der Waals surface area contributed by atoms with E-state index in [0.29, 0.717) is 0 Å². The molecule has 0 aliphatic carbocycles. The number of hydrogen-bond donors (Lipinski definition) is 2. The largest absolute Gasteiger partial charge is 0.395 e. The van der Waals surface area contributed by atoms with Crippen LogP contribution in [-0.4, -0.2) is 33.9 Å². The number of benzene rings is 1. The molecule has 1 unspecified atom stereocenters. The van der Waals surface area contributed by atoms with E-state index in [1.165, 1.54) is 5.52 Å². The molecule has 2 rings (SSSR count). The molecule has 0 aliphatic rings. The summed E-state index contributed by atoms with van der Waals surface area (Å²) in [6.45, 7) is 6.31. The Morgan fingerprint density at radius 2 is 2.10 bits per heavy atom. The molecule has 0 aliphatic heterocycles. The van der Waals surface area contributed by atoms with Crippen molar-refractivity contribution in [1.29, 1.82) is 0 Å². The van der Waals surface area contributed by atoms with Crippen LogP contribution < -0.4 is 5.32 Å². The Bertz CT molecular complexity index is 536. The number of fused-ring (bicyclic) bond motifs is 1. The summed E-state index contributed by atoms with van der Waals surface area (Å²) in [5, 5.41) is 12.8. The molecule has 0 saturated carbocycles. The summed E-state index contributed by atoms with van der Waals surface area (Å²) in [5.41, 5.74) is 2.25. The second-order valence-corrected chi connectivity index (χ2v) is 5.14. The number of nitrogens with zero attached hydrogens (tertiary/aromatic N) is 2. The fourth-order valence-electron chi connectivity index (χ4n) is 2.54. The number of aromatic nitrogens is 2. The SMILES string of the molecule is CCCNC(CO)CCn1c(CC)nc2ccccc21. The monoisotopic (exact) mass is 275 g/mol.